The first-order valence-corrected chi connectivity index (χ1v) is 13.2. The summed E-state index contributed by atoms with van der Waals surface area (Å²) in [5, 5.41) is 3.99. The number of benzene rings is 2. The molecule has 0 spiro atoms. The third-order valence-electron chi connectivity index (χ3n) is 6.04. The SMILES string of the molecule is COc1cc2ncn(-c3cc(OC(C)c4cc(C(=O)NCCN(C)C)ccc4Cl)c(C(N)=O)s3)c2cc1OC. The Morgan fingerprint density at radius 3 is 2.51 bits per heavy atom. The number of hydrogen-bond donors (Lipinski definition) is 2. The molecule has 0 aliphatic carbocycles. The molecule has 1 unspecified atom stereocenters. The lowest BCUT2D eigenvalue weighted by molar-refractivity contribution is 0.0949. The molecule has 2 heterocycles. The first-order valence-electron chi connectivity index (χ1n) is 12.0. The highest BCUT2D eigenvalue weighted by molar-refractivity contribution is 7.16. The summed E-state index contributed by atoms with van der Waals surface area (Å²) in [6.07, 6.45) is 1.05. The Hall–Kier alpha value is -3.80. The fourth-order valence-corrected chi connectivity index (χ4v) is 5.20. The van der Waals surface area contributed by atoms with Gasteiger partial charge in [0.15, 0.2) is 11.5 Å². The summed E-state index contributed by atoms with van der Waals surface area (Å²) < 4.78 is 18.8. The molecule has 0 aliphatic rings. The summed E-state index contributed by atoms with van der Waals surface area (Å²) in [5.74, 6) is 0.564. The molecule has 0 saturated carbocycles. The maximum atomic E-state index is 12.6. The molecular formula is C27H30ClN5O5S. The molecule has 0 aliphatic heterocycles. The molecule has 2 aromatic heterocycles. The van der Waals surface area contributed by atoms with Crippen molar-refractivity contribution in [3.8, 4) is 22.2 Å². The lowest BCUT2D eigenvalue weighted by Gasteiger charge is -2.17. The van der Waals surface area contributed by atoms with E-state index in [9.17, 15) is 9.59 Å². The van der Waals surface area contributed by atoms with E-state index in [1.165, 1.54) is 11.3 Å². The van der Waals surface area contributed by atoms with E-state index < -0.39 is 12.0 Å². The number of imidazole rings is 1. The minimum atomic E-state index is -0.628. The predicted octanol–water partition coefficient (Wildman–Crippen LogP) is 4.29. The van der Waals surface area contributed by atoms with Crippen molar-refractivity contribution < 1.29 is 23.8 Å². The zero-order chi connectivity index (χ0) is 28.3. The second-order valence-corrected chi connectivity index (χ2v) is 10.4. The minimum Gasteiger partial charge on any atom is -0.493 e. The van der Waals surface area contributed by atoms with Crippen LogP contribution in [0.4, 0.5) is 0 Å². The number of aromatic nitrogens is 2. The number of primary amides is 1. The monoisotopic (exact) mass is 571 g/mol. The van der Waals surface area contributed by atoms with Gasteiger partial charge in [-0.05, 0) is 39.2 Å². The van der Waals surface area contributed by atoms with Crippen molar-refractivity contribution in [1.29, 1.82) is 0 Å². The normalized spacial score (nSPS) is 12.0. The largest absolute Gasteiger partial charge is 0.493 e. The van der Waals surface area contributed by atoms with Gasteiger partial charge < -0.3 is 30.2 Å². The Labute approximate surface area is 235 Å². The molecule has 12 heteroatoms. The Kier molecular flexibility index (Phi) is 8.63. The van der Waals surface area contributed by atoms with Crippen molar-refractivity contribution in [2.75, 3.05) is 41.4 Å². The van der Waals surface area contributed by atoms with Crippen LogP contribution in [0.25, 0.3) is 16.0 Å². The van der Waals surface area contributed by atoms with Crippen LogP contribution >= 0.6 is 22.9 Å². The number of ether oxygens (including phenoxy) is 3. The van der Waals surface area contributed by atoms with Crippen molar-refractivity contribution >= 4 is 45.8 Å². The van der Waals surface area contributed by atoms with Gasteiger partial charge in [0.2, 0.25) is 0 Å². The summed E-state index contributed by atoms with van der Waals surface area (Å²) in [6, 6.07) is 10.3. The number of methoxy groups -OCH3 is 2. The third-order valence-corrected chi connectivity index (χ3v) is 7.52. The quantitative estimate of drug-likeness (QED) is 0.275. The molecule has 4 rings (SSSR count). The summed E-state index contributed by atoms with van der Waals surface area (Å²) in [6.45, 7) is 3.02. The van der Waals surface area contributed by atoms with E-state index in [2.05, 4.69) is 10.3 Å². The lowest BCUT2D eigenvalue weighted by Crippen LogP contribution is -2.31. The maximum Gasteiger partial charge on any atom is 0.262 e. The average molecular weight is 572 g/mol. The van der Waals surface area contributed by atoms with Crippen molar-refractivity contribution in [3.05, 3.63) is 63.8 Å². The second kappa shape index (κ2) is 11.9. The van der Waals surface area contributed by atoms with Gasteiger partial charge in [-0.25, -0.2) is 4.98 Å². The van der Waals surface area contributed by atoms with Crippen molar-refractivity contribution in [1.82, 2.24) is 19.8 Å². The van der Waals surface area contributed by atoms with Crippen LogP contribution in [0.5, 0.6) is 17.2 Å². The number of carbonyl (C=O) groups excluding carboxylic acids is 2. The third kappa shape index (κ3) is 6.11. The molecular weight excluding hydrogens is 542 g/mol. The first kappa shape index (κ1) is 28.2. The Balaban J connectivity index is 1.63. The van der Waals surface area contributed by atoms with E-state index in [-0.39, 0.29) is 10.8 Å². The summed E-state index contributed by atoms with van der Waals surface area (Å²) >= 11 is 7.65. The molecule has 0 fully saturated rings. The molecule has 0 bridgehead atoms. The number of carbonyl (C=O) groups is 2. The molecule has 39 heavy (non-hydrogen) atoms. The topological polar surface area (TPSA) is 121 Å². The molecule has 4 aromatic rings. The minimum absolute atomic E-state index is 0.211. The number of rotatable bonds is 11. The van der Waals surface area contributed by atoms with E-state index in [0.29, 0.717) is 57.0 Å². The smallest absolute Gasteiger partial charge is 0.262 e. The second-order valence-electron chi connectivity index (χ2n) is 9.01. The Morgan fingerprint density at radius 2 is 1.85 bits per heavy atom. The van der Waals surface area contributed by atoms with Gasteiger partial charge in [-0.3, -0.25) is 14.2 Å². The number of nitrogens with zero attached hydrogens (tertiary/aromatic N) is 3. The zero-order valence-corrected chi connectivity index (χ0v) is 23.9. The fourth-order valence-electron chi connectivity index (χ4n) is 4.00. The zero-order valence-electron chi connectivity index (χ0n) is 22.3. The number of thiophene rings is 1. The van der Waals surface area contributed by atoms with Gasteiger partial charge in [-0.1, -0.05) is 11.6 Å². The van der Waals surface area contributed by atoms with Crippen molar-refractivity contribution in [2.24, 2.45) is 5.73 Å². The van der Waals surface area contributed by atoms with Crippen LogP contribution in [-0.2, 0) is 0 Å². The Bertz CT molecular complexity index is 1520. The van der Waals surface area contributed by atoms with E-state index >= 15 is 0 Å². The van der Waals surface area contributed by atoms with Gasteiger partial charge in [-0.15, -0.1) is 11.3 Å². The van der Waals surface area contributed by atoms with Crippen LogP contribution < -0.4 is 25.3 Å². The van der Waals surface area contributed by atoms with Gasteiger partial charge in [-0.2, -0.15) is 0 Å². The van der Waals surface area contributed by atoms with E-state index in [4.69, 9.17) is 31.5 Å². The number of nitrogens with two attached hydrogens (primary N) is 1. The van der Waals surface area contributed by atoms with Crippen LogP contribution in [0.15, 0.2) is 42.7 Å². The van der Waals surface area contributed by atoms with Gasteiger partial charge in [0.1, 0.15) is 28.1 Å². The molecule has 0 radical (unpaired) electrons. The first-order chi connectivity index (χ1) is 18.6. The highest BCUT2D eigenvalue weighted by Crippen LogP contribution is 2.39. The number of hydrogen-bond acceptors (Lipinski definition) is 8. The van der Waals surface area contributed by atoms with E-state index in [1.807, 2.05) is 29.6 Å². The summed E-state index contributed by atoms with van der Waals surface area (Å²) in [7, 11) is 6.99. The van der Waals surface area contributed by atoms with E-state index in [0.717, 1.165) is 5.52 Å². The van der Waals surface area contributed by atoms with E-state index in [1.54, 1.807) is 57.8 Å². The Morgan fingerprint density at radius 1 is 1.13 bits per heavy atom. The molecule has 0 saturated heterocycles. The van der Waals surface area contributed by atoms with Crippen LogP contribution in [0, 0.1) is 0 Å². The molecule has 10 nitrogen and oxygen atoms in total. The number of fused-ring (bicyclic) bond motifs is 1. The number of likely N-dealkylation sites (N-methyl/N-ethyl adjacent to an activating group) is 1. The summed E-state index contributed by atoms with van der Waals surface area (Å²) in [5.41, 5.74) is 8.20. The number of amides is 2. The number of nitrogens with one attached hydrogen (secondary N) is 1. The average Bonchev–Trinajstić information content (AvgIpc) is 3.51. The number of halogens is 1. The van der Waals surface area contributed by atoms with Gasteiger partial charge in [0.25, 0.3) is 11.8 Å². The fraction of sp³-hybridized carbons (Fsp3) is 0.296. The lowest BCUT2D eigenvalue weighted by atomic mass is 10.1. The predicted molar refractivity (Wildman–Crippen MR) is 152 cm³/mol. The van der Waals surface area contributed by atoms with Crippen LogP contribution in [0.2, 0.25) is 5.02 Å². The van der Waals surface area contributed by atoms with Crippen LogP contribution in [0.3, 0.4) is 0 Å². The van der Waals surface area contributed by atoms with Crippen molar-refractivity contribution in [3.63, 3.8) is 0 Å². The highest BCUT2D eigenvalue weighted by Gasteiger charge is 2.22. The molecule has 206 valence electrons. The van der Waals surface area contributed by atoms with Crippen molar-refractivity contribution in [2.45, 2.75) is 13.0 Å². The summed E-state index contributed by atoms with van der Waals surface area (Å²) in [4.78, 5) is 31.7. The van der Waals surface area contributed by atoms with Crippen LogP contribution in [-0.4, -0.2) is 67.7 Å². The van der Waals surface area contributed by atoms with Gasteiger partial charge >= 0.3 is 0 Å². The molecule has 2 aromatic carbocycles. The molecule has 3 N–H and O–H groups in total. The van der Waals surface area contributed by atoms with Gasteiger partial charge in [0, 0.05) is 47.4 Å². The molecule has 1 atom stereocenters. The highest BCUT2D eigenvalue weighted by atomic mass is 35.5. The maximum absolute atomic E-state index is 12.6. The standard InChI is InChI=1S/C27H30ClN5O5S/c1-15(17-10-16(6-7-18(17)28)27(35)30-8-9-32(2)3)38-23-13-24(39-25(23)26(29)34)33-14-31-19-11-21(36-4)22(37-5)12-20(19)33/h6-7,10-15H,8-9H2,1-5H3,(H2,29,34)(H,30,35). The molecule has 2 amide bonds. The van der Waals surface area contributed by atoms with Gasteiger partial charge in [0.05, 0.1) is 25.3 Å². The van der Waals surface area contributed by atoms with Crippen LogP contribution in [0.1, 0.15) is 38.6 Å².